The standard InChI is InChI=1S/C27H35NO2Se/c1-19-14-15-23-24(16-19)30-26-25(20-10-6-4-7-11-20)29-21(17-28(26)27(23,2)3)18-31-22-12-8-5-9-13-22/h4-13,19,21,23-26H,14-18H2,1-3H3/t19-,21-,23-,24-,25+,26+/m1/s1. The Bertz CT molecular complexity index is 858. The summed E-state index contributed by atoms with van der Waals surface area (Å²) in [7, 11) is 0. The van der Waals surface area contributed by atoms with Gasteiger partial charge in [0.1, 0.15) is 0 Å². The average Bonchev–Trinajstić information content (AvgIpc) is 2.79. The minimum atomic E-state index is -0.0241. The fourth-order valence-corrected chi connectivity index (χ4v) is 7.79. The first-order valence-corrected chi connectivity index (χ1v) is 13.9. The van der Waals surface area contributed by atoms with Crippen molar-refractivity contribution in [1.29, 1.82) is 0 Å². The first-order valence-electron chi connectivity index (χ1n) is 11.8. The molecule has 6 atom stereocenters. The van der Waals surface area contributed by atoms with E-state index in [0.29, 0.717) is 27.0 Å². The zero-order valence-electron chi connectivity index (χ0n) is 18.9. The molecule has 2 saturated heterocycles. The number of fused-ring (bicyclic) bond motifs is 2. The van der Waals surface area contributed by atoms with Crippen LogP contribution in [-0.4, -0.2) is 50.4 Å². The number of benzene rings is 2. The number of hydrogen-bond acceptors (Lipinski definition) is 3. The van der Waals surface area contributed by atoms with Crippen LogP contribution in [-0.2, 0) is 9.47 Å². The van der Waals surface area contributed by atoms with Gasteiger partial charge in [-0.05, 0) is 0 Å². The van der Waals surface area contributed by atoms with E-state index >= 15 is 0 Å². The Morgan fingerprint density at radius 2 is 1.68 bits per heavy atom. The maximum absolute atomic E-state index is 6.88. The monoisotopic (exact) mass is 485 g/mol. The summed E-state index contributed by atoms with van der Waals surface area (Å²) in [5.74, 6) is 1.36. The van der Waals surface area contributed by atoms with E-state index in [-0.39, 0.29) is 24.0 Å². The van der Waals surface area contributed by atoms with Gasteiger partial charge in [-0.2, -0.15) is 0 Å². The van der Waals surface area contributed by atoms with Crippen LogP contribution in [0, 0.1) is 11.8 Å². The van der Waals surface area contributed by atoms with Crippen molar-refractivity contribution in [3.05, 3.63) is 66.2 Å². The summed E-state index contributed by atoms with van der Waals surface area (Å²) in [6.07, 6.45) is 4.35. The van der Waals surface area contributed by atoms with Crippen molar-refractivity contribution in [3.8, 4) is 0 Å². The van der Waals surface area contributed by atoms with E-state index in [0.717, 1.165) is 17.8 Å². The van der Waals surface area contributed by atoms with Crippen LogP contribution in [0.2, 0.25) is 5.32 Å². The molecular weight excluding hydrogens is 449 g/mol. The molecule has 2 heterocycles. The predicted molar refractivity (Wildman–Crippen MR) is 127 cm³/mol. The van der Waals surface area contributed by atoms with Gasteiger partial charge >= 0.3 is 194 Å². The van der Waals surface area contributed by atoms with E-state index in [2.05, 4.69) is 86.3 Å². The molecule has 0 bridgehead atoms. The van der Waals surface area contributed by atoms with Crippen molar-refractivity contribution in [3.63, 3.8) is 0 Å². The van der Waals surface area contributed by atoms with Gasteiger partial charge in [-0.15, -0.1) is 0 Å². The Balaban J connectivity index is 1.42. The van der Waals surface area contributed by atoms with Gasteiger partial charge in [0, 0.05) is 0 Å². The molecule has 0 aromatic heterocycles. The Labute approximate surface area is 193 Å². The summed E-state index contributed by atoms with van der Waals surface area (Å²) in [5, 5.41) is 1.10. The number of ether oxygens (including phenoxy) is 2. The van der Waals surface area contributed by atoms with Crippen molar-refractivity contribution in [2.45, 2.75) is 75.4 Å². The fraction of sp³-hybridized carbons (Fsp3) is 0.556. The Morgan fingerprint density at radius 3 is 2.42 bits per heavy atom. The van der Waals surface area contributed by atoms with E-state index < -0.39 is 0 Å². The molecule has 0 radical (unpaired) electrons. The van der Waals surface area contributed by atoms with Crippen LogP contribution in [0.25, 0.3) is 0 Å². The van der Waals surface area contributed by atoms with Crippen molar-refractivity contribution in [2.75, 3.05) is 6.54 Å². The topological polar surface area (TPSA) is 21.7 Å². The summed E-state index contributed by atoms with van der Waals surface area (Å²) in [6, 6.07) is 21.6. The van der Waals surface area contributed by atoms with Crippen LogP contribution in [0.5, 0.6) is 0 Å². The zero-order chi connectivity index (χ0) is 21.4. The van der Waals surface area contributed by atoms with Gasteiger partial charge in [0.05, 0.1) is 0 Å². The Kier molecular flexibility index (Phi) is 6.29. The molecule has 1 aliphatic carbocycles. The zero-order valence-corrected chi connectivity index (χ0v) is 20.7. The molecule has 3 aliphatic rings. The first kappa shape index (κ1) is 21.7. The molecule has 0 spiro atoms. The van der Waals surface area contributed by atoms with Crippen LogP contribution in [0.4, 0.5) is 0 Å². The minimum absolute atomic E-state index is 0.00410. The van der Waals surface area contributed by atoms with Gasteiger partial charge < -0.3 is 0 Å². The van der Waals surface area contributed by atoms with Crippen LogP contribution in [0.1, 0.15) is 51.7 Å². The van der Waals surface area contributed by atoms with E-state index in [1.807, 2.05) is 0 Å². The molecule has 0 N–H and O–H groups in total. The summed E-state index contributed by atoms with van der Waals surface area (Å²) in [5.41, 5.74) is 1.37. The van der Waals surface area contributed by atoms with Gasteiger partial charge in [-0.25, -0.2) is 0 Å². The molecule has 2 aromatic carbocycles. The van der Waals surface area contributed by atoms with E-state index in [4.69, 9.17) is 9.47 Å². The number of morpholine rings is 1. The molecule has 4 heteroatoms. The predicted octanol–water partition coefficient (Wildman–Crippen LogP) is 4.82. The van der Waals surface area contributed by atoms with Crippen LogP contribution in [0.3, 0.4) is 0 Å². The summed E-state index contributed by atoms with van der Waals surface area (Å²) >= 11 is 0.420. The molecule has 5 rings (SSSR count). The van der Waals surface area contributed by atoms with Gasteiger partial charge in [0.2, 0.25) is 0 Å². The SMILES string of the molecule is C[C@@H]1CC[C@@H]2[C@@H](C1)O[C@H]1[C@H](c3ccccc3)O[C@@H](C[Se]c3ccccc3)CN1C2(C)C. The third kappa shape index (κ3) is 4.38. The molecule has 3 fully saturated rings. The van der Waals surface area contributed by atoms with Gasteiger partial charge in [-0.3, -0.25) is 0 Å². The molecule has 2 aliphatic heterocycles. The van der Waals surface area contributed by atoms with Crippen molar-refractivity contribution < 1.29 is 9.47 Å². The van der Waals surface area contributed by atoms with Crippen molar-refractivity contribution in [2.24, 2.45) is 11.8 Å². The van der Waals surface area contributed by atoms with E-state index in [1.165, 1.54) is 29.3 Å². The third-order valence-corrected chi connectivity index (χ3v) is 10.0. The molecule has 31 heavy (non-hydrogen) atoms. The molecule has 0 amide bonds. The number of hydrogen-bond donors (Lipinski definition) is 0. The second-order valence-corrected chi connectivity index (χ2v) is 12.4. The van der Waals surface area contributed by atoms with Crippen LogP contribution < -0.4 is 4.46 Å². The second kappa shape index (κ2) is 9.00. The molecule has 2 aromatic rings. The van der Waals surface area contributed by atoms with E-state index in [9.17, 15) is 0 Å². The van der Waals surface area contributed by atoms with Crippen molar-refractivity contribution >= 4 is 19.4 Å². The average molecular weight is 485 g/mol. The molecular formula is C27H35NO2Se. The molecule has 3 nitrogen and oxygen atoms in total. The Hall–Kier alpha value is -1.16. The second-order valence-electron chi connectivity index (χ2n) is 10.1. The third-order valence-electron chi connectivity index (χ3n) is 7.63. The summed E-state index contributed by atoms with van der Waals surface area (Å²) in [6.45, 7) is 8.27. The Morgan fingerprint density at radius 1 is 0.968 bits per heavy atom. The molecule has 0 unspecified atom stereocenters. The van der Waals surface area contributed by atoms with Crippen LogP contribution >= 0.6 is 0 Å². The molecule has 1 saturated carbocycles. The normalized spacial score (nSPS) is 35.2. The van der Waals surface area contributed by atoms with Crippen molar-refractivity contribution in [1.82, 2.24) is 4.90 Å². The van der Waals surface area contributed by atoms with Gasteiger partial charge in [-0.1, -0.05) is 0 Å². The number of rotatable bonds is 4. The molecule has 166 valence electrons. The summed E-state index contributed by atoms with van der Waals surface area (Å²) in [4.78, 5) is 2.66. The first-order chi connectivity index (χ1) is 15.0. The quantitative estimate of drug-likeness (QED) is 0.581. The van der Waals surface area contributed by atoms with E-state index in [1.54, 1.807) is 0 Å². The number of nitrogens with zero attached hydrogens (tertiary/aromatic N) is 1. The maximum atomic E-state index is 6.88. The van der Waals surface area contributed by atoms with Gasteiger partial charge in [0.25, 0.3) is 0 Å². The van der Waals surface area contributed by atoms with Gasteiger partial charge in [0.15, 0.2) is 0 Å². The van der Waals surface area contributed by atoms with Crippen LogP contribution in [0.15, 0.2) is 60.7 Å². The summed E-state index contributed by atoms with van der Waals surface area (Å²) < 4.78 is 15.1. The fourth-order valence-electron chi connectivity index (χ4n) is 5.88.